The third kappa shape index (κ3) is 2.28. The van der Waals surface area contributed by atoms with Gasteiger partial charge in [0.1, 0.15) is 6.10 Å². The Hall–Kier alpha value is -1.34. The first kappa shape index (κ1) is 11.7. The highest BCUT2D eigenvalue weighted by Crippen LogP contribution is 2.23. The van der Waals surface area contributed by atoms with Gasteiger partial charge in [-0.3, -0.25) is 9.69 Å². The molecule has 0 bridgehead atoms. The third-order valence-electron chi connectivity index (χ3n) is 3.63. The summed E-state index contributed by atoms with van der Waals surface area (Å²) in [6.07, 6.45) is 2.27. The maximum absolute atomic E-state index is 12.1. The molecule has 2 aliphatic heterocycles. The van der Waals surface area contributed by atoms with Crippen LogP contribution in [-0.2, 0) is 23.0 Å². The summed E-state index contributed by atoms with van der Waals surface area (Å²) >= 11 is 0. The zero-order valence-electron chi connectivity index (χ0n) is 10.4. The molecule has 18 heavy (non-hydrogen) atoms. The highest BCUT2D eigenvalue weighted by atomic mass is 16.5. The summed E-state index contributed by atoms with van der Waals surface area (Å²) in [5, 5.41) is 11.6. The van der Waals surface area contributed by atoms with Gasteiger partial charge in [-0.15, -0.1) is 10.2 Å². The molecule has 0 spiro atoms. The predicted molar refractivity (Wildman–Crippen MR) is 61.8 cm³/mol. The zero-order chi connectivity index (χ0) is 12.5. The van der Waals surface area contributed by atoms with E-state index in [1.807, 2.05) is 0 Å². The number of nitrogens with zero attached hydrogens (tertiary/aromatic N) is 5. The van der Waals surface area contributed by atoms with Gasteiger partial charge in [0, 0.05) is 12.6 Å². The van der Waals surface area contributed by atoms with Gasteiger partial charge < -0.3 is 4.74 Å². The van der Waals surface area contributed by atoms with Crippen LogP contribution in [0.3, 0.4) is 0 Å². The number of carbonyl (C=O) groups excluding carboxylic acids is 1. The van der Waals surface area contributed by atoms with Gasteiger partial charge in [0.2, 0.25) is 0 Å². The number of Topliss-reactive ketones (excluding diaryl/α,β-unsaturated/α-hetero) is 1. The highest BCUT2D eigenvalue weighted by molar-refractivity contribution is 5.84. The van der Waals surface area contributed by atoms with Crippen molar-refractivity contribution >= 4 is 5.78 Å². The van der Waals surface area contributed by atoms with Crippen molar-refractivity contribution in [3.8, 4) is 0 Å². The van der Waals surface area contributed by atoms with Crippen LogP contribution in [-0.4, -0.2) is 62.7 Å². The van der Waals surface area contributed by atoms with Crippen molar-refractivity contribution in [1.29, 1.82) is 0 Å². The van der Waals surface area contributed by atoms with E-state index in [4.69, 9.17) is 4.74 Å². The second-order valence-electron chi connectivity index (χ2n) is 4.95. The number of tetrazole rings is 1. The van der Waals surface area contributed by atoms with Gasteiger partial charge in [-0.25, -0.2) is 0 Å². The maximum atomic E-state index is 12.1. The van der Waals surface area contributed by atoms with Crippen molar-refractivity contribution < 1.29 is 9.53 Å². The number of ketones is 1. The molecule has 0 aliphatic carbocycles. The SMILES string of the molecule is Cn1nnc(CC(=O)C2CN3CCCC3CO2)n1. The van der Waals surface area contributed by atoms with E-state index in [0.717, 1.165) is 6.54 Å². The summed E-state index contributed by atoms with van der Waals surface area (Å²) in [4.78, 5) is 15.8. The molecule has 0 radical (unpaired) electrons. The lowest BCUT2D eigenvalue weighted by molar-refractivity contribution is -0.137. The van der Waals surface area contributed by atoms with Crippen LogP contribution < -0.4 is 0 Å². The highest BCUT2D eigenvalue weighted by Gasteiger charge is 2.35. The van der Waals surface area contributed by atoms with Gasteiger partial charge in [0.25, 0.3) is 0 Å². The summed E-state index contributed by atoms with van der Waals surface area (Å²) in [7, 11) is 1.69. The minimum absolute atomic E-state index is 0.0494. The van der Waals surface area contributed by atoms with Crippen molar-refractivity contribution in [3.05, 3.63) is 5.82 Å². The molecule has 2 aliphatic rings. The maximum Gasteiger partial charge on any atom is 0.182 e. The van der Waals surface area contributed by atoms with Crippen LogP contribution in [0.15, 0.2) is 0 Å². The number of hydrogen-bond donors (Lipinski definition) is 0. The zero-order valence-corrected chi connectivity index (χ0v) is 10.4. The Morgan fingerprint density at radius 2 is 2.44 bits per heavy atom. The van der Waals surface area contributed by atoms with Gasteiger partial charge >= 0.3 is 0 Å². The smallest absolute Gasteiger partial charge is 0.182 e. The predicted octanol–water partition coefficient (Wildman–Crippen LogP) is -0.815. The molecule has 2 unspecified atom stereocenters. The fourth-order valence-electron chi connectivity index (χ4n) is 2.68. The number of rotatable bonds is 3. The molecular formula is C11H17N5O2. The van der Waals surface area contributed by atoms with E-state index in [9.17, 15) is 4.79 Å². The van der Waals surface area contributed by atoms with E-state index in [0.29, 0.717) is 25.0 Å². The number of carbonyl (C=O) groups is 1. The molecular weight excluding hydrogens is 234 g/mol. The molecule has 98 valence electrons. The van der Waals surface area contributed by atoms with Crippen molar-refractivity contribution in [2.24, 2.45) is 7.05 Å². The van der Waals surface area contributed by atoms with Crippen LogP contribution in [0.25, 0.3) is 0 Å². The average molecular weight is 251 g/mol. The molecule has 0 amide bonds. The van der Waals surface area contributed by atoms with E-state index in [1.54, 1.807) is 7.05 Å². The minimum Gasteiger partial charge on any atom is -0.367 e. The molecule has 3 heterocycles. The van der Waals surface area contributed by atoms with Crippen molar-refractivity contribution in [3.63, 3.8) is 0 Å². The number of aromatic nitrogens is 4. The van der Waals surface area contributed by atoms with Gasteiger partial charge in [-0.05, 0) is 24.6 Å². The monoisotopic (exact) mass is 251 g/mol. The molecule has 0 saturated carbocycles. The van der Waals surface area contributed by atoms with E-state index in [2.05, 4.69) is 20.3 Å². The Morgan fingerprint density at radius 1 is 1.56 bits per heavy atom. The molecule has 3 rings (SSSR count). The molecule has 0 aromatic carbocycles. The lowest BCUT2D eigenvalue weighted by Gasteiger charge is -2.34. The number of hydrogen-bond acceptors (Lipinski definition) is 6. The summed E-state index contributed by atoms with van der Waals surface area (Å²) in [5.74, 6) is 0.517. The second-order valence-corrected chi connectivity index (χ2v) is 4.95. The number of aryl methyl sites for hydroxylation is 1. The number of fused-ring (bicyclic) bond motifs is 1. The van der Waals surface area contributed by atoms with Crippen LogP contribution in [0.2, 0.25) is 0 Å². The van der Waals surface area contributed by atoms with Gasteiger partial charge in [-0.1, -0.05) is 0 Å². The number of ether oxygens (including phenoxy) is 1. The Bertz CT molecular complexity index is 446. The first-order valence-corrected chi connectivity index (χ1v) is 6.33. The first-order chi connectivity index (χ1) is 8.72. The normalized spacial score (nSPS) is 28.3. The Kier molecular flexibility index (Phi) is 3.09. The number of morpholine rings is 1. The topological polar surface area (TPSA) is 73.1 Å². The largest absolute Gasteiger partial charge is 0.367 e. The van der Waals surface area contributed by atoms with Gasteiger partial charge in [0.05, 0.1) is 20.1 Å². The van der Waals surface area contributed by atoms with Crippen molar-refractivity contribution in [2.45, 2.75) is 31.4 Å². The fourth-order valence-corrected chi connectivity index (χ4v) is 2.68. The summed E-state index contributed by atoms with van der Waals surface area (Å²) in [6, 6.07) is 0.517. The van der Waals surface area contributed by atoms with Crippen LogP contribution in [0.4, 0.5) is 0 Å². The third-order valence-corrected chi connectivity index (χ3v) is 3.63. The molecule has 7 heteroatoms. The van der Waals surface area contributed by atoms with Crippen LogP contribution in [0, 0.1) is 0 Å². The van der Waals surface area contributed by atoms with Gasteiger partial charge in [0.15, 0.2) is 11.6 Å². The summed E-state index contributed by atoms with van der Waals surface area (Å²) < 4.78 is 5.66. The lowest BCUT2D eigenvalue weighted by atomic mass is 10.1. The van der Waals surface area contributed by atoms with Crippen LogP contribution >= 0.6 is 0 Å². The van der Waals surface area contributed by atoms with Crippen LogP contribution in [0.5, 0.6) is 0 Å². The minimum atomic E-state index is -0.330. The molecule has 1 aromatic heterocycles. The van der Waals surface area contributed by atoms with E-state index >= 15 is 0 Å². The Balaban J connectivity index is 1.59. The standard InChI is InChI=1S/C11H17N5O2/c1-15-13-11(12-14-15)5-9(17)10-6-16-4-2-3-8(16)7-18-10/h8,10H,2-7H2,1H3. The average Bonchev–Trinajstić information content (AvgIpc) is 2.96. The van der Waals surface area contributed by atoms with Crippen LogP contribution in [0.1, 0.15) is 18.7 Å². The molecule has 0 N–H and O–H groups in total. The Labute approximate surface area is 105 Å². The lowest BCUT2D eigenvalue weighted by Crippen LogP contribution is -2.49. The van der Waals surface area contributed by atoms with Crippen molar-refractivity contribution in [1.82, 2.24) is 25.1 Å². The molecule has 2 atom stereocenters. The fraction of sp³-hybridized carbons (Fsp3) is 0.818. The molecule has 2 saturated heterocycles. The van der Waals surface area contributed by atoms with E-state index in [-0.39, 0.29) is 18.3 Å². The summed E-state index contributed by atoms with van der Waals surface area (Å²) in [5.41, 5.74) is 0. The van der Waals surface area contributed by atoms with Crippen molar-refractivity contribution in [2.75, 3.05) is 19.7 Å². The first-order valence-electron chi connectivity index (χ1n) is 6.33. The molecule has 1 aromatic rings. The molecule has 7 nitrogen and oxygen atoms in total. The Morgan fingerprint density at radius 3 is 3.22 bits per heavy atom. The second kappa shape index (κ2) is 4.74. The quantitative estimate of drug-likeness (QED) is 0.699. The van der Waals surface area contributed by atoms with E-state index < -0.39 is 0 Å². The molecule has 2 fully saturated rings. The van der Waals surface area contributed by atoms with E-state index in [1.165, 1.54) is 17.6 Å². The van der Waals surface area contributed by atoms with Gasteiger partial charge in [-0.2, -0.15) is 4.80 Å². The summed E-state index contributed by atoms with van der Waals surface area (Å²) in [6.45, 7) is 2.47.